The van der Waals surface area contributed by atoms with E-state index in [0.717, 1.165) is 4.47 Å². The first-order valence-electron chi connectivity index (χ1n) is 5.67. The fourth-order valence-corrected chi connectivity index (χ4v) is 2.45. The summed E-state index contributed by atoms with van der Waals surface area (Å²) in [5.41, 5.74) is 2.42. The Kier molecular flexibility index (Phi) is 5.21. The maximum absolute atomic E-state index is 5.75. The number of nitrogen functional groups attached to an aromatic ring is 1. The quantitative estimate of drug-likeness (QED) is 0.568. The third kappa shape index (κ3) is 3.36. The molecule has 112 valence electrons. The van der Waals surface area contributed by atoms with E-state index < -0.39 is 0 Å². The lowest BCUT2D eigenvalue weighted by molar-refractivity contribution is 0.367. The zero-order valence-corrected chi connectivity index (χ0v) is 14.4. The Morgan fingerprint density at radius 3 is 2.33 bits per heavy atom. The zero-order chi connectivity index (χ0) is 15.4. The van der Waals surface area contributed by atoms with E-state index in [4.69, 9.17) is 20.1 Å². The highest BCUT2D eigenvalue weighted by atomic mass is 79.9. The van der Waals surface area contributed by atoms with Crippen LogP contribution in [0, 0.1) is 0 Å². The smallest absolute Gasteiger partial charge is 0.268 e. The van der Waals surface area contributed by atoms with Crippen LogP contribution < -0.4 is 25.5 Å². The van der Waals surface area contributed by atoms with Crippen molar-refractivity contribution in [3.63, 3.8) is 0 Å². The Morgan fingerprint density at radius 1 is 1.05 bits per heavy atom. The summed E-state index contributed by atoms with van der Waals surface area (Å²) >= 11 is 6.81. The number of rotatable bonds is 5. The summed E-state index contributed by atoms with van der Waals surface area (Å²) in [7, 11) is 3.06. The first-order chi connectivity index (χ1) is 10.1. The van der Waals surface area contributed by atoms with E-state index in [0.29, 0.717) is 27.5 Å². The lowest BCUT2D eigenvalue weighted by Gasteiger charge is -2.13. The summed E-state index contributed by atoms with van der Waals surface area (Å²) in [4.78, 5) is 7.99. The maximum Gasteiger partial charge on any atom is 0.268 e. The van der Waals surface area contributed by atoms with Crippen molar-refractivity contribution >= 4 is 37.7 Å². The van der Waals surface area contributed by atoms with Gasteiger partial charge in [0.25, 0.3) is 5.88 Å². The van der Waals surface area contributed by atoms with Crippen molar-refractivity contribution in [1.29, 1.82) is 0 Å². The number of nitrogens with two attached hydrogens (primary N) is 1. The molecule has 0 amide bonds. The Balaban J connectivity index is 2.41. The third-order valence-electron chi connectivity index (χ3n) is 2.52. The van der Waals surface area contributed by atoms with E-state index in [2.05, 4.69) is 47.3 Å². The van der Waals surface area contributed by atoms with Crippen molar-refractivity contribution in [3.8, 4) is 23.1 Å². The van der Waals surface area contributed by atoms with Gasteiger partial charge in [-0.2, -0.15) is 4.98 Å². The lowest BCUT2D eigenvalue weighted by atomic mass is 10.3. The maximum atomic E-state index is 5.75. The van der Waals surface area contributed by atoms with Gasteiger partial charge in [-0.05, 0) is 44.0 Å². The third-order valence-corrected chi connectivity index (χ3v) is 3.76. The van der Waals surface area contributed by atoms with E-state index in [9.17, 15) is 0 Å². The summed E-state index contributed by atoms with van der Waals surface area (Å²) in [5.74, 6) is 7.44. The summed E-state index contributed by atoms with van der Waals surface area (Å²) in [6, 6.07) is 3.52. The SMILES string of the molecule is COc1cc(Br)c(Oc2ncnc(NN)c2OC)cc1Br. The summed E-state index contributed by atoms with van der Waals surface area (Å²) in [6.45, 7) is 0. The van der Waals surface area contributed by atoms with Crippen LogP contribution in [-0.2, 0) is 0 Å². The lowest BCUT2D eigenvalue weighted by Crippen LogP contribution is -2.11. The molecule has 9 heteroatoms. The highest BCUT2D eigenvalue weighted by Gasteiger charge is 2.16. The highest BCUT2D eigenvalue weighted by Crippen LogP contribution is 2.40. The molecule has 0 fully saturated rings. The average Bonchev–Trinajstić information content (AvgIpc) is 2.50. The van der Waals surface area contributed by atoms with Gasteiger partial charge in [-0.25, -0.2) is 10.8 Å². The minimum absolute atomic E-state index is 0.234. The Morgan fingerprint density at radius 2 is 1.71 bits per heavy atom. The molecule has 0 saturated heterocycles. The van der Waals surface area contributed by atoms with Gasteiger partial charge in [0.1, 0.15) is 17.8 Å². The molecule has 0 atom stereocenters. The van der Waals surface area contributed by atoms with Gasteiger partial charge < -0.3 is 19.6 Å². The molecule has 3 N–H and O–H groups in total. The van der Waals surface area contributed by atoms with Crippen molar-refractivity contribution in [1.82, 2.24) is 9.97 Å². The van der Waals surface area contributed by atoms with Crippen LogP contribution in [0.5, 0.6) is 23.1 Å². The molecule has 0 saturated carbocycles. The normalized spacial score (nSPS) is 10.1. The van der Waals surface area contributed by atoms with Crippen LogP contribution in [0.15, 0.2) is 27.4 Å². The fourth-order valence-electron chi connectivity index (χ4n) is 1.57. The van der Waals surface area contributed by atoms with Gasteiger partial charge in [0.15, 0.2) is 5.82 Å². The molecular weight excluding hydrogens is 408 g/mol. The van der Waals surface area contributed by atoms with E-state index in [1.807, 2.05) is 0 Å². The molecule has 21 heavy (non-hydrogen) atoms. The fraction of sp³-hybridized carbons (Fsp3) is 0.167. The molecular formula is C12H12Br2N4O3. The molecule has 0 aliphatic rings. The minimum atomic E-state index is 0.234. The number of methoxy groups -OCH3 is 2. The molecule has 1 heterocycles. The Bertz CT molecular complexity index is 655. The second-order valence-corrected chi connectivity index (χ2v) is 5.43. The van der Waals surface area contributed by atoms with E-state index in [1.165, 1.54) is 13.4 Å². The molecule has 0 aliphatic carbocycles. The zero-order valence-electron chi connectivity index (χ0n) is 11.2. The van der Waals surface area contributed by atoms with Crippen molar-refractivity contribution in [3.05, 3.63) is 27.4 Å². The largest absolute Gasteiger partial charge is 0.496 e. The summed E-state index contributed by atoms with van der Waals surface area (Å²) in [5, 5.41) is 0. The average molecular weight is 420 g/mol. The number of halogens is 2. The Hall–Kier alpha value is -1.58. The van der Waals surface area contributed by atoms with Gasteiger partial charge in [-0.1, -0.05) is 0 Å². The van der Waals surface area contributed by atoms with Crippen molar-refractivity contribution < 1.29 is 14.2 Å². The monoisotopic (exact) mass is 418 g/mol. The molecule has 0 aliphatic heterocycles. The second kappa shape index (κ2) is 6.92. The predicted molar refractivity (Wildman–Crippen MR) is 84.9 cm³/mol. The van der Waals surface area contributed by atoms with E-state index in [-0.39, 0.29) is 5.88 Å². The number of nitrogens with one attached hydrogen (secondary N) is 1. The molecule has 0 unspecified atom stereocenters. The summed E-state index contributed by atoms with van der Waals surface area (Å²) < 4.78 is 17.6. The molecule has 1 aromatic heterocycles. The van der Waals surface area contributed by atoms with Crippen molar-refractivity contribution in [2.24, 2.45) is 5.84 Å². The number of hydrogen-bond donors (Lipinski definition) is 2. The van der Waals surface area contributed by atoms with Crippen LogP contribution in [0.3, 0.4) is 0 Å². The van der Waals surface area contributed by atoms with Gasteiger partial charge in [0.05, 0.1) is 23.2 Å². The predicted octanol–water partition coefficient (Wildman–Crippen LogP) is 3.10. The highest BCUT2D eigenvalue weighted by molar-refractivity contribution is 9.11. The number of hydrazine groups is 1. The minimum Gasteiger partial charge on any atom is -0.496 e. The van der Waals surface area contributed by atoms with Crippen molar-refractivity contribution in [2.75, 3.05) is 19.6 Å². The van der Waals surface area contributed by atoms with Gasteiger partial charge in [0.2, 0.25) is 5.75 Å². The first kappa shape index (κ1) is 15.8. The van der Waals surface area contributed by atoms with Gasteiger partial charge in [-0.15, -0.1) is 0 Å². The molecule has 2 rings (SSSR count). The molecule has 0 radical (unpaired) electrons. The van der Waals surface area contributed by atoms with Crippen molar-refractivity contribution in [2.45, 2.75) is 0 Å². The number of ether oxygens (including phenoxy) is 3. The van der Waals surface area contributed by atoms with E-state index in [1.54, 1.807) is 19.2 Å². The first-order valence-corrected chi connectivity index (χ1v) is 7.25. The molecule has 0 bridgehead atoms. The van der Waals surface area contributed by atoms with Crippen LogP contribution in [-0.4, -0.2) is 24.2 Å². The Labute approximate surface area is 138 Å². The number of benzene rings is 1. The molecule has 2 aromatic rings. The molecule has 1 aromatic carbocycles. The number of hydrogen-bond acceptors (Lipinski definition) is 7. The van der Waals surface area contributed by atoms with Crippen LogP contribution in [0.2, 0.25) is 0 Å². The molecule has 0 spiro atoms. The van der Waals surface area contributed by atoms with Crippen LogP contribution in [0.25, 0.3) is 0 Å². The van der Waals surface area contributed by atoms with Gasteiger partial charge >= 0.3 is 0 Å². The van der Waals surface area contributed by atoms with Gasteiger partial charge in [-0.3, -0.25) is 0 Å². The topological polar surface area (TPSA) is 91.5 Å². The summed E-state index contributed by atoms with van der Waals surface area (Å²) in [6.07, 6.45) is 1.32. The number of aromatic nitrogens is 2. The molecule has 7 nitrogen and oxygen atoms in total. The number of nitrogens with zero attached hydrogens (tertiary/aromatic N) is 2. The standard InChI is InChI=1S/C12H12Br2N4O3/c1-19-8-3-7(14)9(4-6(8)13)21-12-10(20-2)11(18-15)16-5-17-12/h3-5H,15H2,1-2H3,(H,16,17,18). The number of anilines is 1. The van der Waals surface area contributed by atoms with E-state index >= 15 is 0 Å². The van der Waals surface area contributed by atoms with Crippen LogP contribution in [0.4, 0.5) is 5.82 Å². The van der Waals surface area contributed by atoms with Crippen LogP contribution in [0.1, 0.15) is 0 Å². The second-order valence-electron chi connectivity index (χ2n) is 3.72. The van der Waals surface area contributed by atoms with Gasteiger partial charge in [0, 0.05) is 0 Å². The van der Waals surface area contributed by atoms with Crippen LogP contribution >= 0.6 is 31.9 Å².